The van der Waals surface area contributed by atoms with Crippen LogP contribution in [0.4, 0.5) is 4.39 Å². The largest absolute Gasteiger partial charge is 0.491 e. The van der Waals surface area contributed by atoms with Crippen molar-refractivity contribution in [3.8, 4) is 17.3 Å². The van der Waals surface area contributed by atoms with Crippen molar-refractivity contribution in [1.29, 1.82) is 0 Å². The Hall–Kier alpha value is -4.25. The van der Waals surface area contributed by atoms with Crippen LogP contribution in [0.3, 0.4) is 0 Å². The monoisotopic (exact) mass is 556 g/mol. The average Bonchev–Trinajstić information content (AvgIpc) is 3.35. The molecule has 0 saturated heterocycles. The van der Waals surface area contributed by atoms with Crippen LogP contribution in [-0.4, -0.2) is 72.5 Å². The smallest absolute Gasteiger partial charge is 0.255 e. The van der Waals surface area contributed by atoms with E-state index in [1.165, 1.54) is 12.8 Å². The number of imidazole rings is 1. The molecule has 1 fully saturated rings. The summed E-state index contributed by atoms with van der Waals surface area (Å²) in [5.41, 5.74) is 11.5. The molecule has 1 aliphatic heterocycles. The van der Waals surface area contributed by atoms with E-state index in [9.17, 15) is 9.18 Å². The van der Waals surface area contributed by atoms with Crippen LogP contribution in [0.2, 0.25) is 0 Å². The van der Waals surface area contributed by atoms with Crippen LogP contribution >= 0.6 is 0 Å². The number of halogens is 1. The Balaban J connectivity index is 1.27. The van der Waals surface area contributed by atoms with Gasteiger partial charge < -0.3 is 24.5 Å². The zero-order chi connectivity index (χ0) is 28.1. The lowest BCUT2D eigenvalue weighted by Gasteiger charge is -2.29. The number of alkyl halides is 1. The van der Waals surface area contributed by atoms with E-state index in [1.54, 1.807) is 11.1 Å². The summed E-state index contributed by atoms with van der Waals surface area (Å²) >= 11 is 0. The molecule has 0 bridgehead atoms. The van der Waals surface area contributed by atoms with Crippen LogP contribution in [0.15, 0.2) is 42.6 Å². The topological polar surface area (TPSA) is 120 Å². The van der Waals surface area contributed by atoms with Gasteiger partial charge in [-0.2, -0.15) is 5.10 Å². The molecule has 3 N–H and O–H groups in total. The molecule has 0 unspecified atom stereocenters. The van der Waals surface area contributed by atoms with Crippen molar-refractivity contribution < 1.29 is 13.9 Å². The lowest BCUT2D eigenvalue weighted by Crippen LogP contribution is -2.45. The number of hydrogen-bond donors (Lipinski definition) is 2. The first-order valence-corrected chi connectivity index (χ1v) is 14.2. The molecule has 1 atom stereocenters. The lowest BCUT2D eigenvalue weighted by molar-refractivity contribution is 0.0723. The third-order valence-electron chi connectivity index (χ3n) is 8.15. The summed E-state index contributed by atoms with van der Waals surface area (Å²) in [7, 11) is 1.97. The minimum absolute atomic E-state index is 0.170. The molecule has 41 heavy (non-hydrogen) atoms. The molecule has 10 nitrogen and oxygen atoms in total. The highest BCUT2D eigenvalue weighted by Gasteiger charge is 2.30. The maximum atomic E-state index is 13.2. The molecule has 7 rings (SSSR count). The Morgan fingerprint density at radius 2 is 2.10 bits per heavy atom. The van der Waals surface area contributed by atoms with Crippen molar-refractivity contribution in [3.63, 3.8) is 0 Å². The Bertz CT molecular complexity index is 1740. The molecule has 5 aromatic rings. The van der Waals surface area contributed by atoms with Crippen LogP contribution in [-0.2, 0) is 26.4 Å². The Labute approximate surface area is 236 Å². The molecule has 0 radical (unpaired) electrons. The molecule has 4 aromatic heterocycles. The lowest BCUT2D eigenvalue weighted by atomic mass is 10.0. The zero-order valence-electron chi connectivity index (χ0n) is 23.0. The van der Waals surface area contributed by atoms with E-state index in [-0.39, 0.29) is 12.5 Å². The van der Waals surface area contributed by atoms with Gasteiger partial charge in [-0.05, 0) is 43.0 Å². The summed E-state index contributed by atoms with van der Waals surface area (Å²) in [6.45, 7) is 1.42. The number of carbonyl (C=O) groups is 1. The second kappa shape index (κ2) is 10.3. The number of nitrogens with one attached hydrogen (secondary N) is 1. The Kier molecular flexibility index (Phi) is 6.45. The second-order valence-electron chi connectivity index (χ2n) is 11.2. The molecule has 1 aromatic carbocycles. The van der Waals surface area contributed by atoms with E-state index in [2.05, 4.69) is 26.9 Å². The fourth-order valence-corrected chi connectivity index (χ4v) is 5.81. The molecular weight excluding hydrogens is 523 g/mol. The predicted molar refractivity (Wildman–Crippen MR) is 154 cm³/mol. The summed E-state index contributed by atoms with van der Waals surface area (Å²) in [6, 6.07) is 11.4. The van der Waals surface area contributed by atoms with Gasteiger partial charge in [0, 0.05) is 56.8 Å². The first kappa shape index (κ1) is 25.7. The molecule has 5 heterocycles. The van der Waals surface area contributed by atoms with Gasteiger partial charge in [-0.1, -0.05) is 12.1 Å². The number of rotatable bonds is 10. The number of fused-ring (bicyclic) bond motifs is 3. The van der Waals surface area contributed by atoms with Gasteiger partial charge in [0.15, 0.2) is 11.5 Å². The second-order valence-corrected chi connectivity index (χ2v) is 11.2. The number of pyridine rings is 1. The highest BCUT2D eigenvalue weighted by Crippen LogP contribution is 2.39. The van der Waals surface area contributed by atoms with E-state index in [1.807, 2.05) is 35.9 Å². The summed E-state index contributed by atoms with van der Waals surface area (Å²) < 4.78 is 23.7. The highest BCUT2D eigenvalue weighted by molar-refractivity contribution is 5.99. The van der Waals surface area contributed by atoms with Crippen molar-refractivity contribution in [2.45, 2.75) is 38.3 Å². The Morgan fingerprint density at radius 1 is 1.22 bits per heavy atom. The van der Waals surface area contributed by atoms with E-state index < -0.39 is 12.7 Å². The zero-order valence-corrected chi connectivity index (χ0v) is 23.0. The van der Waals surface area contributed by atoms with Gasteiger partial charge in [-0.3, -0.25) is 9.89 Å². The molecular formula is C30H33FN8O2. The molecule has 2 aliphatic rings. The van der Waals surface area contributed by atoms with Crippen LogP contribution in [0.25, 0.3) is 33.6 Å². The Morgan fingerprint density at radius 3 is 2.88 bits per heavy atom. The van der Waals surface area contributed by atoms with Gasteiger partial charge in [-0.25, -0.2) is 14.4 Å². The number of benzene rings is 1. The minimum Gasteiger partial charge on any atom is -0.491 e. The van der Waals surface area contributed by atoms with E-state index in [0.717, 1.165) is 58.2 Å². The SMILES string of the molecule is Cn1c(-c2cc3cccc(OCCc4ccn[nH]4)c3n2CC2CC2)nc2cc3c(nc21)CCN(C[C@H](N)CF)C3=O. The molecule has 1 aliphatic carbocycles. The normalized spacial score (nSPS) is 16.1. The maximum absolute atomic E-state index is 13.2. The van der Waals surface area contributed by atoms with Crippen molar-refractivity contribution in [1.82, 2.24) is 34.2 Å². The first-order chi connectivity index (χ1) is 20.0. The number of aromatic nitrogens is 6. The quantitative estimate of drug-likeness (QED) is 0.271. The summed E-state index contributed by atoms with van der Waals surface area (Å²) in [5.74, 6) is 2.09. The maximum Gasteiger partial charge on any atom is 0.255 e. The number of aryl methyl sites for hydroxylation is 1. The summed E-state index contributed by atoms with van der Waals surface area (Å²) in [4.78, 5) is 24.7. The predicted octanol–water partition coefficient (Wildman–Crippen LogP) is 3.64. The summed E-state index contributed by atoms with van der Waals surface area (Å²) in [5, 5.41) is 8.11. The number of carbonyl (C=O) groups excluding carboxylic acids is 1. The van der Waals surface area contributed by atoms with E-state index in [4.69, 9.17) is 20.4 Å². The van der Waals surface area contributed by atoms with Gasteiger partial charge >= 0.3 is 0 Å². The van der Waals surface area contributed by atoms with Crippen LogP contribution in [0.5, 0.6) is 5.75 Å². The number of hydrogen-bond acceptors (Lipinski definition) is 6. The fourth-order valence-electron chi connectivity index (χ4n) is 5.81. The molecule has 1 amide bonds. The molecule has 11 heteroatoms. The van der Waals surface area contributed by atoms with Crippen LogP contribution in [0, 0.1) is 5.92 Å². The van der Waals surface area contributed by atoms with Crippen molar-refractivity contribution in [2.24, 2.45) is 18.7 Å². The molecule has 1 saturated carbocycles. The number of para-hydroxylation sites is 1. The third-order valence-corrected chi connectivity index (χ3v) is 8.15. The number of aromatic amines is 1. The van der Waals surface area contributed by atoms with Crippen molar-refractivity contribution >= 4 is 28.0 Å². The third kappa shape index (κ3) is 4.73. The van der Waals surface area contributed by atoms with Gasteiger partial charge in [0.05, 0.1) is 35.1 Å². The van der Waals surface area contributed by atoms with E-state index in [0.29, 0.717) is 36.6 Å². The number of ether oxygens (including phenoxy) is 1. The highest BCUT2D eigenvalue weighted by atomic mass is 19.1. The molecule has 212 valence electrons. The number of H-pyrrole nitrogens is 1. The van der Waals surface area contributed by atoms with Crippen molar-refractivity contribution in [2.75, 3.05) is 26.4 Å². The van der Waals surface area contributed by atoms with Gasteiger partial charge in [0.2, 0.25) is 0 Å². The summed E-state index contributed by atoms with van der Waals surface area (Å²) in [6.07, 6.45) is 5.51. The minimum atomic E-state index is -0.689. The van der Waals surface area contributed by atoms with E-state index >= 15 is 0 Å². The number of amides is 1. The first-order valence-electron chi connectivity index (χ1n) is 14.2. The number of nitrogens with two attached hydrogens (primary N) is 1. The van der Waals surface area contributed by atoms with Crippen molar-refractivity contribution in [3.05, 3.63) is 59.5 Å². The standard InChI is InChI=1S/C30H33FN8O2/c1-37-28-24(14-22-23(34-28)8-11-38(30(22)40)17-20(32)15-31)35-29(37)25-13-19-3-2-4-26(27(19)39(25)16-18-5-6-18)41-12-9-21-7-10-33-36-21/h2-4,7,10,13-14,18,20H,5-6,8-9,11-12,15-17,32H2,1H3,(H,33,36)/t20-/m1/s1. The van der Waals surface area contributed by atoms with Crippen LogP contribution in [0.1, 0.15) is 34.6 Å². The number of nitrogens with zero attached hydrogens (tertiary/aromatic N) is 6. The van der Waals surface area contributed by atoms with Gasteiger partial charge in [0.25, 0.3) is 5.91 Å². The average molecular weight is 557 g/mol. The molecule has 0 spiro atoms. The van der Waals surface area contributed by atoms with Crippen LogP contribution < -0.4 is 10.5 Å². The fraction of sp³-hybridized carbons (Fsp3) is 0.400. The van der Waals surface area contributed by atoms with Gasteiger partial charge in [-0.15, -0.1) is 0 Å². The van der Waals surface area contributed by atoms with Gasteiger partial charge in [0.1, 0.15) is 17.9 Å².